The number of carbonyl (C=O) groups is 1. The van der Waals surface area contributed by atoms with Crippen molar-refractivity contribution in [3.63, 3.8) is 0 Å². The van der Waals surface area contributed by atoms with Crippen LogP contribution < -0.4 is 10.6 Å². The Morgan fingerprint density at radius 3 is 2.56 bits per heavy atom. The average Bonchev–Trinajstić information content (AvgIpc) is 3.04. The Balaban J connectivity index is 1.70. The fourth-order valence-electron chi connectivity index (χ4n) is 4.39. The van der Waals surface area contributed by atoms with E-state index < -0.39 is 6.04 Å². The third kappa shape index (κ3) is 3.83. The first-order valence-corrected chi connectivity index (χ1v) is 11.6. The first-order valence-electron chi connectivity index (χ1n) is 10.8. The van der Waals surface area contributed by atoms with E-state index in [0.29, 0.717) is 33.4 Å². The molecule has 0 saturated heterocycles. The molecule has 4 aromatic rings. The highest BCUT2D eigenvalue weighted by Gasteiger charge is 2.31. The monoisotopic (exact) mass is 492 g/mol. The number of imidazole rings is 1. The molecular formula is C26H22Cl2N4O2. The number of rotatable bonds is 3. The van der Waals surface area contributed by atoms with Crippen LogP contribution in [-0.4, -0.2) is 34.3 Å². The zero-order chi connectivity index (χ0) is 24.1. The van der Waals surface area contributed by atoms with Crippen LogP contribution in [0.2, 0.25) is 10.0 Å². The van der Waals surface area contributed by atoms with Gasteiger partial charge < -0.3 is 9.88 Å². The van der Waals surface area contributed by atoms with Gasteiger partial charge in [-0.1, -0.05) is 41.4 Å². The van der Waals surface area contributed by atoms with E-state index in [4.69, 9.17) is 28.2 Å². The fourth-order valence-corrected chi connectivity index (χ4v) is 4.87. The SMILES string of the molecule is Cc1ccc(CC2N=C(c3ccc4c(c3)[nH]c(=O)n4C)c3cc(Cl)ccc3N(C)C2=O)c(Cl)c1. The van der Waals surface area contributed by atoms with Crippen molar-refractivity contribution in [2.75, 3.05) is 11.9 Å². The number of aryl methyl sites for hydroxylation is 2. The van der Waals surface area contributed by atoms with Crippen LogP contribution in [0.25, 0.3) is 11.0 Å². The molecule has 1 aromatic heterocycles. The highest BCUT2D eigenvalue weighted by Crippen LogP contribution is 2.32. The molecule has 5 rings (SSSR count). The summed E-state index contributed by atoms with van der Waals surface area (Å²) in [6.45, 7) is 1.97. The van der Waals surface area contributed by atoms with Crippen molar-refractivity contribution in [3.05, 3.63) is 97.4 Å². The van der Waals surface area contributed by atoms with Gasteiger partial charge >= 0.3 is 5.69 Å². The second-order valence-electron chi connectivity index (χ2n) is 8.57. The first kappa shape index (κ1) is 22.4. The lowest BCUT2D eigenvalue weighted by molar-refractivity contribution is -0.119. The van der Waals surface area contributed by atoms with Crippen LogP contribution in [-0.2, 0) is 18.3 Å². The summed E-state index contributed by atoms with van der Waals surface area (Å²) in [5, 5.41) is 1.15. The van der Waals surface area contributed by atoms with Crippen LogP contribution in [0.5, 0.6) is 0 Å². The summed E-state index contributed by atoms with van der Waals surface area (Å²) in [5.41, 5.74) is 6.06. The van der Waals surface area contributed by atoms with E-state index in [-0.39, 0.29) is 11.6 Å². The number of fused-ring (bicyclic) bond motifs is 2. The van der Waals surface area contributed by atoms with E-state index in [1.165, 1.54) is 0 Å². The molecule has 34 heavy (non-hydrogen) atoms. The molecule has 0 aliphatic carbocycles. The largest absolute Gasteiger partial charge is 0.326 e. The summed E-state index contributed by atoms with van der Waals surface area (Å²) in [6, 6.07) is 16.2. The normalized spacial score (nSPS) is 15.9. The second-order valence-corrected chi connectivity index (χ2v) is 9.42. The van der Waals surface area contributed by atoms with Crippen LogP contribution in [0.4, 0.5) is 5.69 Å². The predicted octanol–water partition coefficient (Wildman–Crippen LogP) is 4.91. The molecule has 2 heterocycles. The van der Waals surface area contributed by atoms with Gasteiger partial charge in [-0.15, -0.1) is 0 Å². The van der Waals surface area contributed by atoms with E-state index >= 15 is 0 Å². The first-order chi connectivity index (χ1) is 16.2. The van der Waals surface area contributed by atoms with Crippen molar-refractivity contribution in [3.8, 4) is 0 Å². The van der Waals surface area contributed by atoms with Gasteiger partial charge in [-0.05, 0) is 54.4 Å². The Bertz CT molecular complexity index is 1550. The second kappa shape index (κ2) is 8.46. The molecule has 0 fully saturated rings. The number of hydrogen-bond acceptors (Lipinski definition) is 3. The molecule has 0 saturated carbocycles. The molecule has 0 bridgehead atoms. The van der Waals surface area contributed by atoms with Crippen molar-refractivity contribution in [2.24, 2.45) is 12.0 Å². The van der Waals surface area contributed by atoms with E-state index in [0.717, 1.165) is 27.8 Å². The molecule has 1 aliphatic heterocycles. The molecular weight excluding hydrogens is 471 g/mol. The third-order valence-corrected chi connectivity index (χ3v) is 6.86. The summed E-state index contributed by atoms with van der Waals surface area (Å²) < 4.78 is 1.55. The van der Waals surface area contributed by atoms with Gasteiger partial charge in [-0.3, -0.25) is 14.4 Å². The summed E-state index contributed by atoms with van der Waals surface area (Å²) in [4.78, 5) is 35.1. The van der Waals surface area contributed by atoms with Gasteiger partial charge in [0.1, 0.15) is 6.04 Å². The lowest BCUT2D eigenvalue weighted by Gasteiger charge is -2.21. The summed E-state index contributed by atoms with van der Waals surface area (Å²) in [7, 11) is 3.46. The molecule has 3 aromatic carbocycles. The van der Waals surface area contributed by atoms with Gasteiger partial charge in [0.25, 0.3) is 5.91 Å². The Morgan fingerprint density at radius 2 is 1.79 bits per heavy atom. The summed E-state index contributed by atoms with van der Waals surface area (Å²) >= 11 is 12.9. The van der Waals surface area contributed by atoms with E-state index in [2.05, 4.69) is 4.98 Å². The lowest BCUT2D eigenvalue weighted by Crippen LogP contribution is -2.36. The van der Waals surface area contributed by atoms with E-state index in [9.17, 15) is 9.59 Å². The number of hydrogen-bond donors (Lipinski definition) is 1. The molecule has 8 heteroatoms. The highest BCUT2D eigenvalue weighted by molar-refractivity contribution is 6.32. The Morgan fingerprint density at radius 1 is 1.00 bits per heavy atom. The molecule has 1 unspecified atom stereocenters. The Kier molecular flexibility index (Phi) is 5.58. The number of benzodiazepines with no additional fused rings is 1. The number of anilines is 1. The van der Waals surface area contributed by atoms with Gasteiger partial charge in [0.15, 0.2) is 0 Å². The van der Waals surface area contributed by atoms with Gasteiger partial charge in [-0.2, -0.15) is 0 Å². The fraction of sp³-hybridized carbons (Fsp3) is 0.192. The minimum atomic E-state index is -0.683. The number of H-pyrrole nitrogens is 1. The third-order valence-electron chi connectivity index (χ3n) is 6.28. The number of nitrogens with one attached hydrogen (secondary N) is 1. The Labute approximate surface area is 206 Å². The number of carbonyl (C=O) groups excluding carboxylic acids is 1. The molecule has 1 aliphatic rings. The summed E-state index contributed by atoms with van der Waals surface area (Å²) in [5.74, 6) is -0.135. The van der Waals surface area contributed by atoms with Crippen molar-refractivity contribution >= 4 is 51.5 Å². The van der Waals surface area contributed by atoms with Gasteiger partial charge in [-0.25, -0.2) is 4.79 Å². The van der Waals surface area contributed by atoms with Gasteiger partial charge in [0.05, 0.1) is 22.4 Å². The van der Waals surface area contributed by atoms with E-state index in [1.54, 1.807) is 29.6 Å². The smallest absolute Gasteiger partial charge is 0.313 e. The van der Waals surface area contributed by atoms with Crippen LogP contribution in [0.3, 0.4) is 0 Å². The van der Waals surface area contributed by atoms with Crippen molar-refractivity contribution in [1.29, 1.82) is 0 Å². The van der Waals surface area contributed by atoms with Crippen LogP contribution >= 0.6 is 23.2 Å². The van der Waals surface area contributed by atoms with Crippen molar-refractivity contribution in [1.82, 2.24) is 9.55 Å². The van der Waals surface area contributed by atoms with Crippen LogP contribution in [0.1, 0.15) is 22.3 Å². The van der Waals surface area contributed by atoms with Gasteiger partial charge in [0, 0.05) is 41.7 Å². The standard InChI is InChI=1S/C26H22Cl2N4O2/c1-14-4-5-15(19(28)10-14)11-21-25(33)31(2)22-9-7-17(27)13-18(22)24(29-21)16-6-8-23-20(12-16)30-26(34)32(23)3/h4-10,12-13,21H,11H2,1-3H3,(H,30,34). The molecule has 1 amide bonds. The highest BCUT2D eigenvalue weighted by atomic mass is 35.5. The molecule has 172 valence electrons. The number of aliphatic imine (C=N–C) groups is 1. The topological polar surface area (TPSA) is 70.5 Å². The summed E-state index contributed by atoms with van der Waals surface area (Å²) in [6.07, 6.45) is 0.359. The van der Waals surface area contributed by atoms with Crippen LogP contribution in [0, 0.1) is 6.92 Å². The number of nitrogens with zero attached hydrogens (tertiary/aromatic N) is 3. The maximum Gasteiger partial charge on any atom is 0.326 e. The lowest BCUT2D eigenvalue weighted by atomic mass is 9.99. The average molecular weight is 493 g/mol. The number of likely N-dealkylation sites (N-methyl/N-ethyl adjacent to an activating group) is 1. The number of amides is 1. The maximum atomic E-state index is 13.5. The van der Waals surface area contributed by atoms with Crippen LogP contribution in [0.15, 0.2) is 64.4 Å². The van der Waals surface area contributed by atoms with Crippen molar-refractivity contribution in [2.45, 2.75) is 19.4 Å². The number of aromatic amines is 1. The molecule has 0 radical (unpaired) electrons. The van der Waals surface area contributed by atoms with Crippen molar-refractivity contribution < 1.29 is 4.79 Å². The Hall–Kier alpha value is -3.35. The minimum absolute atomic E-state index is 0.135. The number of benzene rings is 3. The minimum Gasteiger partial charge on any atom is -0.313 e. The molecule has 1 N–H and O–H groups in total. The molecule has 1 atom stereocenters. The number of halogens is 2. The zero-order valence-electron chi connectivity index (χ0n) is 18.9. The molecule has 0 spiro atoms. The van der Waals surface area contributed by atoms with Gasteiger partial charge in [0.2, 0.25) is 0 Å². The quantitative estimate of drug-likeness (QED) is 0.441. The molecule has 6 nitrogen and oxygen atoms in total. The number of aromatic nitrogens is 2. The predicted molar refractivity (Wildman–Crippen MR) is 138 cm³/mol. The zero-order valence-corrected chi connectivity index (χ0v) is 20.4. The maximum absolute atomic E-state index is 13.5. The van der Waals surface area contributed by atoms with E-state index in [1.807, 2.05) is 55.5 Å².